The summed E-state index contributed by atoms with van der Waals surface area (Å²) in [5, 5.41) is 12.7. The summed E-state index contributed by atoms with van der Waals surface area (Å²) in [6, 6.07) is 8.55. The van der Waals surface area contributed by atoms with E-state index in [1.54, 1.807) is 10.6 Å². The summed E-state index contributed by atoms with van der Waals surface area (Å²) < 4.78 is 54.2. The zero-order valence-electron chi connectivity index (χ0n) is 16.9. The van der Waals surface area contributed by atoms with Crippen molar-refractivity contribution in [1.29, 1.82) is 0 Å². The molecule has 1 atom stereocenters. The van der Waals surface area contributed by atoms with Crippen LogP contribution in [0.15, 0.2) is 42.5 Å². The molecular weight excluding hydrogens is 428 g/mol. The Balaban J connectivity index is 1.52. The van der Waals surface area contributed by atoms with Crippen molar-refractivity contribution in [2.24, 2.45) is 0 Å². The van der Waals surface area contributed by atoms with Crippen LogP contribution < -0.4 is 5.32 Å². The van der Waals surface area contributed by atoms with E-state index in [2.05, 4.69) is 5.32 Å². The molecule has 0 bridgehead atoms. The lowest BCUT2D eigenvalue weighted by atomic mass is 9.91. The lowest BCUT2D eigenvalue weighted by Gasteiger charge is -2.25. The maximum atomic E-state index is 13.9. The molecule has 1 amide bonds. The largest absolute Gasteiger partial charge is 0.480 e. The quantitative estimate of drug-likeness (QED) is 0.578. The number of rotatable bonds is 5. The number of fused-ring (bicyclic) bond motifs is 3. The molecular formula is C23H20F4N2O3. The molecule has 3 aromatic rings. The number of benzene rings is 2. The number of alkyl halides is 3. The first-order chi connectivity index (χ1) is 15.1. The van der Waals surface area contributed by atoms with Crippen LogP contribution >= 0.6 is 0 Å². The van der Waals surface area contributed by atoms with Gasteiger partial charge in [0.15, 0.2) is 0 Å². The van der Waals surface area contributed by atoms with E-state index < -0.39 is 29.4 Å². The van der Waals surface area contributed by atoms with Crippen molar-refractivity contribution in [3.8, 4) is 0 Å². The van der Waals surface area contributed by atoms with E-state index in [1.165, 1.54) is 24.3 Å². The van der Waals surface area contributed by atoms with Crippen LogP contribution in [-0.4, -0.2) is 27.6 Å². The Hall–Kier alpha value is -3.36. The summed E-state index contributed by atoms with van der Waals surface area (Å²) in [6.45, 7) is -0.246. The number of nitrogens with one attached hydrogen (secondary N) is 1. The summed E-state index contributed by atoms with van der Waals surface area (Å²) >= 11 is 0. The van der Waals surface area contributed by atoms with E-state index >= 15 is 0 Å². The molecule has 2 N–H and O–H groups in total. The van der Waals surface area contributed by atoms with Gasteiger partial charge in [-0.25, -0.2) is 4.39 Å². The minimum absolute atomic E-state index is 0.192. The molecule has 9 heteroatoms. The number of amides is 1. The Bertz CT molecular complexity index is 1200. The Labute approximate surface area is 180 Å². The van der Waals surface area contributed by atoms with Gasteiger partial charge in [0.05, 0.1) is 12.0 Å². The highest BCUT2D eigenvalue weighted by molar-refractivity contribution is 5.87. The van der Waals surface area contributed by atoms with Crippen molar-refractivity contribution < 1.29 is 32.3 Å². The van der Waals surface area contributed by atoms with Crippen molar-refractivity contribution in [1.82, 2.24) is 9.88 Å². The number of hydrogen-bond donors (Lipinski definition) is 2. The molecule has 1 heterocycles. The predicted octanol–water partition coefficient (Wildman–Crippen LogP) is 4.10. The van der Waals surface area contributed by atoms with E-state index in [0.29, 0.717) is 30.2 Å². The first kappa shape index (κ1) is 21.9. The lowest BCUT2D eigenvalue weighted by Crippen LogP contribution is -2.39. The highest BCUT2D eigenvalue weighted by Gasteiger charge is 2.31. The summed E-state index contributed by atoms with van der Waals surface area (Å²) in [5.74, 6) is -1.85. The van der Waals surface area contributed by atoms with Crippen LogP contribution in [0.3, 0.4) is 0 Å². The van der Waals surface area contributed by atoms with Gasteiger partial charge in [-0.2, -0.15) is 13.2 Å². The van der Waals surface area contributed by atoms with E-state index in [9.17, 15) is 32.3 Å². The van der Waals surface area contributed by atoms with Crippen LogP contribution in [0.2, 0.25) is 0 Å². The predicted molar refractivity (Wildman–Crippen MR) is 109 cm³/mol. The second-order valence-electron chi connectivity index (χ2n) is 7.95. The summed E-state index contributed by atoms with van der Waals surface area (Å²) in [5.41, 5.74) is 1.66. The molecule has 2 aromatic carbocycles. The smallest absolute Gasteiger partial charge is 0.416 e. The maximum absolute atomic E-state index is 13.9. The highest BCUT2D eigenvalue weighted by Crippen LogP contribution is 2.33. The van der Waals surface area contributed by atoms with E-state index in [4.69, 9.17) is 0 Å². The van der Waals surface area contributed by atoms with Gasteiger partial charge in [-0.15, -0.1) is 0 Å². The molecule has 0 saturated carbocycles. The van der Waals surface area contributed by atoms with Crippen LogP contribution in [0, 0.1) is 5.82 Å². The molecule has 1 aromatic heterocycles. The second-order valence-corrected chi connectivity index (χ2v) is 7.95. The standard InChI is InChI=1S/C23H20F4N2O3/c24-15-4-6-19-17(10-15)18-11-16(5-7-20(18)29(19)12-22(31)32)28-21(30)9-13-2-1-3-14(8-13)23(25,26)27/h1-4,6,8,10,16H,5,7,9,11-12H2,(H,28,30)(H,31,32)/t16-/m0/s1. The zero-order valence-corrected chi connectivity index (χ0v) is 16.9. The fraction of sp³-hybridized carbons (Fsp3) is 0.304. The van der Waals surface area contributed by atoms with Crippen molar-refractivity contribution in [2.75, 3.05) is 0 Å². The van der Waals surface area contributed by atoms with Gasteiger partial charge >= 0.3 is 12.1 Å². The molecule has 0 unspecified atom stereocenters. The fourth-order valence-electron chi connectivity index (χ4n) is 4.38. The molecule has 1 aliphatic carbocycles. The number of nitrogens with zero attached hydrogens (tertiary/aromatic N) is 1. The summed E-state index contributed by atoms with van der Waals surface area (Å²) in [6.07, 6.45) is -3.25. The molecule has 0 fully saturated rings. The van der Waals surface area contributed by atoms with Gasteiger partial charge in [0.25, 0.3) is 0 Å². The number of aliphatic carboxylic acids is 1. The molecule has 0 spiro atoms. The van der Waals surface area contributed by atoms with E-state index in [0.717, 1.165) is 23.4 Å². The molecule has 4 rings (SSSR count). The monoisotopic (exact) mass is 448 g/mol. The number of carboxylic acids is 1. The van der Waals surface area contributed by atoms with Crippen LogP contribution in [0.1, 0.15) is 28.8 Å². The molecule has 0 saturated heterocycles. The van der Waals surface area contributed by atoms with Gasteiger partial charge in [-0.1, -0.05) is 18.2 Å². The van der Waals surface area contributed by atoms with Crippen molar-refractivity contribution >= 4 is 22.8 Å². The van der Waals surface area contributed by atoms with Crippen molar-refractivity contribution in [3.63, 3.8) is 0 Å². The molecule has 0 aliphatic heterocycles. The number of halogens is 4. The normalized spacial score (nSPS) is 16.1. The van der Waals surface area contributed by atoms with Crippen molar-refractivity contribution in [3.05, 3.63) is 70.7 Å². The molecule has 1 aliphatic rings. The minimum atomic E-state index is -4.48. The number of carbonyl (C=O) groups is 2. The van der Waals surface area contributed by atoms with Crippen LogP contribution in [0.25, 0.3) is 10.9 Å². The van der Waals surface area contributed by atoms with Gasteiger partial charge in [-0.05, 0) is 54.7 Å². The molecule has 5 nitrogen and oxygen atoms in total. The third-order valence-electron chi connectivity index (χ3n) is 5.71. The number of carboxylic acid groups (broad SMARTS) is 1. The lowest BCUT2D eigenvalue weighted by molar-refractivity contribution is -0.138. The Morgan fingerprint density at radius 1 is 1.16 bits per heavy atom. The first-order valence-corrected chi connectivity index (χ1v) is 10.1. The highest BCUT2D eigenvalue weighted by atomic mass is 19.4. The Morgan fingerprint density at radius 2 is 1.94 bits per heavy atom. The van der Waals surface area contributed by atoms with Crippen LogP contribution in [0.4, 0.5) is 17.6 Å². The van der Waals surface area contributed by atoms with Crippen LogP contribution in [-0.2, 0) is 41.6 Å². The van der Waals surface area contributed by atoms with E-state index in [-0.39, 0.29) is 24.6 Å². The van der Waals surface area contributed by atoms with Crippen molar-refractivity contribution in [2.45, 2.75) is 44.4 Å². The number of hydrogen-bond acceptors (Lipinski definition) is 2. The van der Waals surface area contributed by atoms with Crippen LogP contribution in [0.5, 0.6) is 0 Å². The topological polar surface area (TPSA) is 71.3 Å². The van der Waals surface area contributed by atoms with Gasteiger partial charge < -0.3 is 15.0 Å². The minimum Gasteiger partial charge on any atom is -0.480 e. The maximum Gasteiger partial charge on any atom is 0.416 e. The Kier molecular flexibility index (Phi) is 5.66. The van der Waals surface area contributed by atoms with Gasteiger partial charge in [0, 0.05) is 22.6 Å². The summed E-state index contributed by atoms with van der Waals surface area (Å²) in [4.78, 5) is 23.8. The second kappa shape index (κ2) is 8.29. The molecule has 32 heavy (non-hydrogen) atoms. The third kappa shape index (κ3) is 4.46. The SMILES string of the molecule is O=C(O)Cn1c2c(c3cc(F)ccc31)C[C@@H](NC(=O)Cc1cccc(C(F)(F)F)c1)CC2. The zero-order chi connectivity index (χ0) is 23.0. The van der Waals surface area contributed by atoms with Gasteiger partial charge in [0.1, 0.15) is 12.4 Å². The fourth-order valence-corrected chi connectivity index (χ4v) is 4.38. The number of carbonyl (C=O) groups excluding carboxylic acids is 1. The third-order valence-corrected chi connectivity index (χ3v) is 5.71. The van der Waals surface area contributed by atoms with Gasteiger partial charge in [-0.3, -0.25) is 9.59 Å². The van der Waals surface area contributed by atoms with Gasteiger partial charge in [0.2, 0.25) is 5.91 Å². The molecule has 168 valence electrons. The summed E-state index contributed by atoms with van der Waals surface area (Å²) in [7, 11) is 0. The first-order valence-electron chi connectivity index (χ1n) is 10.1. The average molecular weight is 448 g/mol. The molecule has 0 radical (unpaired) electrons. The average Bonchev–Trinajstić information content (AvgIpc) is 2.99. The number of aromatic nitrogens is 1. The Morgan fingerprint density at radius 3 is 2.66 bits per heavy atom. The van der Waals surface area contributed by atoms with E-state index in [1.807, 2.05) is 0 Å².